The van der Waals surface area contributed by atoms with Gasteiger partial charge in [-0.3, -0.25) is 0 Å². The zero-order chi connectivity index (χ0) is 26.4. The Kier molecular flexibility index (Phi) is 6.77. The molecule has 37 heavy (non-hydrogen) atoms. The molecule has 0 atom stereocenters. The van der Waals surface area contributed by atoms with Gasteiger partial charge in [-0.2, -0.15) is 13.2 Å². The lowest BCUT2D eigenvalue weighted by Gasteiger charge is -2.43. The molecule has 2 N–H and O–H groups in total. The van der Waals surface area contributed by atoms with E-state index >= 15 is 8.78 Å². The standard InChI is InChI=1S/C27H27F5N2O2S/c28-19-12-16(11-17(37)3-9-25(15-35)5-1-6-25)13-20(29)23(19)36-21-4-10-33-24-22(21)18(14-34-24)26(7-2-8-26)27(30,31)32/h4,10,12-14,35H,1-3,5-9,11,15H2,(H,33,34). The predicted molar refractivity (Wildman–Crippen MR) is 133 cm³/mol. The fourth-order valence-corrected chi connectivity index (χ4v) is 5.80. The molecule has 0 saturated heterocycles. The van der Waals surface area contributed by atoms with Crippen molar-refractivity contribution in [1.82, 2.24) is 9.97 Å². The first-order chi connectivity index (χ1) is 17.6. The molecule has 0 radical (unpaired) electrons. The van der Waals surface area contributed by atoms with Crippen molar-refractivity contribution in [3.05, 3.63) is 53.4 Å². The second-order valence-electron chi connectivity index (χ2n) is 10.4. The van der Waals surface area contributed by atoms with E-state index in [0.717, 1.165) is 37.8 Å². The molecule has 0 amide bonds. The topological polar surface area (TPSA) is 58.1 Å². The summed E-state index contributed by atoms with van der Waals surface area (Å²) in [5.74, 6) is -2.75. The molecule has 0 bridgehead atoms. The van der Waals surface area contributed by atoms with Crippen molar-refractivity contribution in [1.29, 1.82) is 0 Å². The molecule has 0 unspecified atom stereocenters. The van der Waals surface area contributed by atoms with E-state index in [0.29, 0.717) is 23.3 Å². The van der Waals surface area contributed by atoms with E-state index in [1.807, 2.05) is 0 Å². The smallest absolute Gasteiger partial charge is 0.398 e. The van der Waals surface area contributed by atoms with Gasteiger partial charge in [-0.25, -0.2) is 13.8 Å². The van der Waals surface area contributed by atoms with Crippen molar-refractivity contribution in [3.63, 3.8) is 0 Å². The average Bonchev–Trinajstić information content (AvgIpc) is 3.19. The average molecular weight is 539 g/mol. The number of fused-ring (bicyclic) bond motifs is 1. The largest absolute Gasteiger partial charge is 0.450 e. The highest BCUT2D eigenvalue weighted by Gasteiger charge is 2.60. The first-order valence-electron chi connectivity index (χ1n) is 12.4. The first kappa shape index (κ1) is 26.0. The van der Waals surface area contributed by atoms with Gasteiger partial charge in [0.2, 0.25) is 0 Å². The van der Waals surface area contributed by atoms with Gasteiger partial charge in [-0.1, -0.05) is 25.1 Å². The molecule has 0 aliphatic heterocycles. The quantitative estimate of drug-likeness (QED) is 0.219. The number of alkyl halides is 3. The first-order valence-corrected chi connectivity index (χ1v) is 12.8. The highest BCUT2D eigenvalue weighted by molar-refractivity contribution is 7.80. The van der Waals surface area contributed by atoms with Crippen LogP contribution in [0.2, 0.25) is 0 Å². The lowest BCUT2D eigenvalue weighted by Crippen LogP contribution is -2.47. The molecule has 2 aliphatic rings. The van der Waals surface area contributed by atoms with Gasteiger partial charge in [-0.15, -0.1) is 0 Å². The van der Waals surface area contributed by atoms with Gasteiger partial charge >= 0.3 is 6.18 Å². The zero-order valence-electron chi connectivity index (χ0n) is 20.1. The molecule has 3 aromatic rings. The van der Waals surface area contributed by atoms with E-state index < -0.39 is 29.0 Å². The summed E-state index contributed by atoms with van der Waals surface area (Å²) in [6.45, 7) is 0.111. The Morgan fingerprint density at radius 2 is 1.78 bits per heavy atom. The van der Waals surface area contributed by atoms with Crippen molar-refractivity contribution < 1.29 is 31.8 Å². The lowest BCUT2D eigenvalue weighted by atomic mass is 9.64. The number of benzene rings is 1. The monoisotopic (exact) mass is 538 g/mol. The molecular formula is C27H27F5N2O2S. The summed E-state index contributed by atoms with van der Waals surface area (Å²) in [6, 6.07) is 3.58. The van der Waals surface area contributed by atoms with Gasteiger partial charge < -0.3 is 14.8 Å². The maximum absolute atomic E-state index is 15.0. The van der Waals surface area contributed by atoms with Crippen LogP contribution in [0.3, 0.4) is 0 Å². The number of nitrogens with zero attached hydrogens (tertiary/aromatic N) is 1. The molecule has 2 fully saturated rings. The van der Waals surface area contributed by atoms with Gasteiger partial charge in [0.1, 0.15) is 11.4 Å². The molecule has 10 heteroatoms. The van der Waals surface area contributed by atoms with Gasteiger partial charge in [0.25, 0.3) is 0 Å². The SMILES string of the molecule is OCC1(CCC(=S)Cc2cc(F)c(Oc3ccnc4[nH]cc(C5(C(F)(F)F)CCC5)c34)c(F)c2)CCC1. The van der Waals surface area contributed by atoms with Gasteiger partial charge in [0.15, 0.2) is 17.4 Å². The number of thiocarbonyl (C=S) groups is 1. The Labute approximate surface area is 216 Å². The number of hydrogen-bond acceptors (Lipinski definition) is 4. The summed E-state index contributed by atoms with van der Waals surface area (Å²) < 4.78 is 77.7. The van der Waals surface area contributed by atoms with E-state index in [1.54, 1.807) is 0 Å². The molecule has 2 aromatic heterocycles. The number of halogens is 5. The predicted octanol–water partition coefficient (Wildman–Crippen LogP) is 7.47. The van der Waals surface area contributed by atoms with Crippen molar-refractivity contribution in [2.45, 2.75) is 69.4 Å². The second-order valence-corrected chi connectivity index (χ2v) is 11.0. The van der Waals surface area contributed by atoms with E-state index in [9.17, 15) is 18.3 Å². The van der Waals surface area contributed by atoms with Crippen LogP contribution in [0.25, 0.3) is 11.0 Å². The third-order valence-corrected chi connectivity index (χ3v) is 8.50. The number of aromatic amines is 1. The number of ether oxygens (including phenoxy) is 1. The fourth-order valence-electron chi connectivity index (χ4n) is 5.53. The van der Waals surface area contributed by atoms with Crippen LogP contribution in [0.1, 0.15) is 62.5 Å². The highest BCUT2D eigenvalue weighted by atomic mass is 32.1. The molecule has 2 heterocycles. The number of pyridine rings is 1. The molecule has 198 valence electrons. The van der Waals surface area contributed by atoms with Crippen LogP contribution in [0.5, 0.6) is 11.5 Å². The lowest BCUT2D eigenvalue weighted by molar-refractivity contribution is -0.212. The van der Waals surface area contributed by atoms with Crippen molar-refractivity contribution in [2.24, 2.45) is 5.41 Å². The minimum absolute atomic E-state index is 0.0285. The Morgan fingerprint density at radius 1 is 1.11 bits per heavy atom. The molecule has 2 saturated carbocycles. The highest BCUT2D eigenvalue weighted by Crippen LogP contribution is 2.57. The molecule has 5 rings (SSSR count). The Morgan fingerprint density at radius 3 is 2.32 bits per heavy atom. The van der Waals surface area contributed by atoms with Gasteiger partial charge in [-0.05, 0) is 78.1 Å². The molecular weight excluding hydrogens is 511 g/mol. The van der Waals surface area contributed by atoms with Crippen LogP contribution in [0, 0.1) is 17.0 Å². The summed E-state index contributed by atoms with van der Waals surface area (Å²) in [6.07, 6.45) is 2.86. The minimum Gasteiger partial charge on any atom is -0.450 e. The number of hydrogen-bond donors (Lipinski definition) is 2. The van der Waals surface area contributed by atoms with Crippen LogP contribution in [-0.2, 0) is 11.8 Å². The molecule has 0 spiro atoms. The molecule has 1 aromatic carbocycles. The second kappa shape index (κ2) is 9.62. The molecule has 2 aliphatic carbocycles. The number of nitrogens with one attached hydrogen (secondary N) is 1. The summed E-state index contributed by atoms with van der Waals surface area (Å²) in [4.78, 5) is 7.46. The number of H-pyrrole nitrogens is 1. The van der Waals surface area contributed by atoms with E-state index in [-0.39, 0.29) is 53.6 Å². The minimum atomic E-state index is -4.49. The maximum Gasteiger partial charge on any atom is 0.398 e. The van der Waals surface area contributed by atoms with Crippen LogP contribution >= 0.6 is 12.2 Å². The number of aliphatic hydroxyl groups is 1. The van der Waals surface area contributed by atoms with Gasteiger partial charge in [0.05, 0.1) is 10.8 Å². The Balaban J connectivity index is 1.38. The van der Waals surface area contributed by atoms with Gasteiger partial charge in [0, 0.05) is 25.4 Å². The van der Waals surface area contributed by atoms with Crippen LogP contribution in [0.4, 0.5) is 22.0 Å². The zero-order valence-corrected chi connectivity index (χ0v) is 20.9. The van der Waals surface area contributed by atoms with Crippen molar-refractivity contribution >= 4 is 28.1 Å². The summed E-state index contributed by atoms with van der Waals surface area (Å²) in [5.41, 5.74) is -1.67. The normalized spacial score (nSPS) is 18.3. The Hall–Kier alpha value is -2.59. The van der Waals surface area contributed by atoms with E-state index in [2.05, 4.69) is 9.97 Å². The Bertz CT molecular complexity index is 1300. The molecule has 4 nitrogen and oxygen atoms in total. The number of rotatable bonds is 9. The van der Waals surface area contributed by atoms with E-state index in [1.165, 1.54) is 18.5 Å². The van der Waals surface area contributed by atoms with Crippen LogP contribution in [-0.4, -0.2) is 32.7 Å². The third kappa shape index (κ3) is 4.63. The fraction of sp³-hybridized carbons (Fsp3) is 0.481. The van der Waals surface area contributed by atoms with E-state index in [4.69, 9.17) is 17.0 Å². The summed E-state index contributed by atoms with van der Waals surface area (Å²) in [5, 5.41) is 9.68. The number of aliphatic hydroxyl groups excluding tert-OH is 1. The van der Waals surface area contributed by atoms with Crippen molar-refractivity contribution in [2.75, 3.05) is 6.61 Å². The summed E-state index contributed by atoms with van der Waals surface area (Å²) in [7, 11) is 0. The van der Waals surface area contributed by atoms with Crippen LogP contribution < -0.4 is 4.74 Å². The summed E-state index contributed by atoms with van der Waals surface area (Å²) >= 11 is 5.43. The maximum atomic E-state index is 15.0. The van der Waals surface area contributed by atoms with Crippen LogP contribution in [0.15, 0.2) is 30.6 Å². The van der Waals surface area contributed by atoms with Crippen molar-refractivity contribution in [3.8, 4) is 11.5 Å². The third-order valence-electron chi connectivity index (χ3n) is 8.16. The number of aromatic nitrogens is 2.